The van der Waals surface area contributed by atoms with Gasteiger partial charge in [0.05, 0.1) is 6.42 Å². The number of benzene rings is 1. The van der Waals surface area contributed by atoms with Gasteiger partial charge in [-0.05, 0) is 18.6 Å². The molecule has 1 aromatic rings. The van der Waals surface area contributed by atoms with E-state index in [1.807, 2.05) is 6.92 Å². The van der Waals surface area contributed by atoms with Gasteiger partial charge >= 0.3 is 0 Å². The van der Waals surface area contributed by atoms with Crippen molar-refractivity contribution in [1.29, 1.82) is 0 Å². The molecule has 0 aromatic heterocycles. The molecular formula is C15H17NO3. The van der Waals surface area contributed by atoms with Gasteiger partial charge < -0.3 is 10.4 Å². The molecule has 1 aromatic carbocycles. The highest BCUT2D eigenvalue weighted by Crippen LogP contribution is 2.38. The summed E-state index contributed by atoms with van der Waals surface area (Å²) in [7, 11) is 0. The number of carbonyl (C=O) groups excluding carboxylic acids is 2. The van der Waals surface area contributed by atoms with Crippen molar-refractivity contribution < 1.29 is 14.7 Å². The Hall–Kier alpha value is -1.94. The minimum absolute atomic E-state index is 0.226. The fourth-order valence-corrected chi connectivity index (χ4v) is 2.17. The van der Waals surface area contributed by atoms with Gasteiger partial charge in [-0.3, -0.25) is 9.59 Å². The molecule has 1 heterocycles. The maximum atomic E-state index is 11.9. The van der Waals surface area contributed by atoms with E-state index in [2.05, 4.69) is 5.32 Å². The van der Waals surface area contributed by atoms with E-state index in [0.717, 1.165) is 12.8 Å². The summed E-state index contributed by atoms with van der Waals surface area (Å²) in [4.78, 5) is 23.7. The van der Waals surface area contributed by atoms with Crippen molar-refractivity contribution in [3.8, 4) is 0 Å². The Balaban J connectivity index is 2.19. The lowest BCUT2D eigenvalue weighted by atomic mass is 9.90. The maximum Gasteiger partial charge on any atom is 0.261 e. The Morgan fingerprint density at radius 1 is 1.42 bits per heavy atom. The molecule has 2 N–H and O–H groups in total. The van der Waals surface area contributed by atoms with Gasteiger partial charge in [0, 0.05) is 11.3 Å². The first kappa shape index (κ1) is 13.5. The Morgan fingerprint density at radius 2 is 2.16 bits per heavy atom. The predicted molar refractivity (Wildman–Crippen MR) is 72.6 cm³/mol. The number of fused-ring (bicyclic) bond motifs is 1. The first-order chi connectivity index (χ1) is 9.08. The quantitative estimate of drug-likeness (QED) is 0.796. The SMILES string of the molecule is CCC/C=C/C(=O)CC1(O)C(=O)Nc2ccccc21. The van der Waals surface area contributed by atoms with Crippen molar-refractivity contribution in [3.63, 3.8) is 0 Å². The predicted octanol–water partition coefficient (Wildman–Crippen LogP) is 2.14. The van der Waals surface area contributed by atoms with Crippen molar-refractivity contribution in [2.45, 2.75) is 31.8 Å². The van der Waals surface area contributed by atoms with Crippen LogP contribution in [0.4, 0.5) is 5.69 Å². The van der Waals surface area contributed by atoms with Crippen LogP contribution in [0.2, 0.25) is 0 Å². The van der Waals surface area contributed by atoms with Crippen molar-refractivity contribution in [3.05, 3.63) is 42.0 Å². The highest BCUT2D eigenvalue weighted by Gasteiger charge is 2.45. The number of aliphatic hydroxyl groups is 1. The minimum Gasteiger partial charge on any atom is -0.375 e. The van der Waals surface area contributed by atoms with E-state index in [0.29, 0.717) is 11.3 Å². The molecule has 1 aliphatic rings. The highest BCUT2D eigenvalue weighted by molar-refractivity contribution is 6.08. The zero-order valence-electron chi connectivity index (χ0n) is 10.8. The molecule has 0 aliphatic carbocycles. The summed E-state index contributed by atoms with van der Waals surface area (Å²) in [5, 5.41) is 13.1. The largest absolute Gasteiger partial charge is 0.375 e. The molecule has 1 aliphatic heterocycles. The van der Waals surface area contributed by atoms with Crippen LogP contribution < -0.4 is 5.32 Å². The Bertz CT molecular complexity index is 536. The molecule has 4 nitrogen and oxygen atoms in total. The molecule has 19 heavy (non-hydrogen) atoms. The normalized spacial score (nSPS) is 21.5. The molecule has 0 spiro atoms. The molecule has 100 valence electrons. The van der Waals surface area contributed by atoms with Gasteiger partial charge in [0.1, 0.15) is 0 Å². The van der Waals surface area contributed by atoms with Crippen LogP contribution in [-0.4, -0.2) is 16.8 Å². The molecule has 0 fully saturated rings. The van der Waals surface area contributed by atoms with Gasteiger partial charge in [0.2, 0.25) is 0 Å². The van der Waals surface area contributed by atoms with E-state index >= 15 is 0 Å². The number of para-hydroxylation sites is 1. The molecule has 0 radical (unpaired) electrons. The Kier molecular flexibility index (Phi) is 3.81. The number of unbranched alkanes of at least 4 members (excludes halogenated alkanes) is 1. The second-order valence-corrected chi connectivity index (χ2v) is 4.69. The first-order valence-electron chi connectivity index (χ1n) is 6.40. The number of allylic oxidation sites excluding steroid dienone is 2. The van der Waals surface area contributed by atoms with Gasteiger partial charge in [0.15, 0.2) is 11.4 Å². The molecule has 1 amide bonds. The second kappa shape index (κ2) is 5.36. The molecular weight excluding hydrogens is 242 g/mol. The number of hydrogen-bond donors (Lipinski definition) is 2. The monoisotopic (exact) mass is 259 g/mol. The molecule has 4 heteroatoms. The van der Waals surface area contributed by atoms with E-state index in [4.69, 9.17) is 0 Å². The standard InChI is InChI=1S/C15H17NO3/c1-2-3-4-7-11(17)10-15(19)12-8-5-6-9-13(12)16-14(15)18/h4-9,19H,2-3,10H2,1H3,(H,16,18)/b7-4+. The van der Waals surface area contributed by atoms with Crippen LogP contribution in [0, 0.1) is 0 Å². The van der Waals surface area contributed by atoms with Gasteiger partial charge in [-0.2, -0.15) is 0 Å². The first-order valence-corrected chi connectivity index (χ1v) is 6.40. The van der Waals surface area contributed by atoms with Crippen molar-refractivity contribution in [2.24, 2.45) is 0 Å². The number of carbonyl (C=O) groups is 2. The summed E-state index contributed by atoms with van der Waals surface area (Å²) in [6, 6.07) is 6.88. The van der Waals surface area contributed by atoms with Crippen LogP contribution in [0.25, 0.3) is 0 Å². The van der Waals surface area contributed by atoms with Crippen LogP contribution >= 0.6 is 0 Å². The topological polar surface area (TPSA) is 66.4 Å². The highest BCUT2D eigenvalue weighted by atomic mass is 16.3. The third kappa shape index (κ3) is 2.58. The third-order valence-corrected chi connectivity index (χ3v) is 3.19. The number of ketones is 1. The lowest BCUT2D eigenvalue weighted by Gasteiger charge is -2.18. The van der Waals surface area contributed by atoms with Crippen LogP contribution in [0.3, 0.4) is 0 Å². The summed E-state index contributed by atoms with van der Waals surface area (Å²) in [6.07, 6.45) is 4.75. The van der Waals surface area contributed by atoms with Gasteiger partial charge in [-0.15, -0.1) is 0 Å². The Labute approximate surface area is 112 Å². The van der Waals surface area contributed by atoms with E-state index in [1.165, 1.54) is 6.08 Å². The molecule has 1 atom stereocenters. The third-order valence-electron chi connectivity index (χ3n) is 3.19. The van der Waals surface area contributed by atoms with Gasteiger partial charge in [0.25, 0.3) is 5.91 Å². The van der Waals surface area contributed by atoms with Crippen molar-refractivity contribution >= 4 is 17.4 Å². The fraction of sp³-hybridized carbons (Fsp3) is 0.333. The van der Waals surface area contributed by atoms with Gasteiger partial charge in [-0.25, -0.2) is 0 Å². The Morgan fingerprint density at radius 3 is 2.89 bits per heavy atom. The fourth-order valence-electron chi connectivity index (χ4n) is 2.17. The smallest absolute Gasteiger partial charge is 0.261 e. The van der Waals surface area contributed by atoms with Crippen LogP contribution in [-0.2, 0) is 15.2 Å². The molecule has 0 bridgehead atoms. The molecule has 2 rings (SSSR count). The molecule has 0 saturated carbocycles. The number of hydrogen-bond acceptors (Lipinski definition) is 3. The number of amides is 1. The summed E-state index contributed by atoms with van der Waals surface area (Å²) in [5.74, 6) is -0.784. The number of rotatable bonds is 5. The second-order valence-electron chi connectivity index (χ2n) is 4.69. The van der Waals surface area contributed by atoms with E-state index in [1.54, 1.807) is 30.3 Å². The lowest BCUT2D eigenvalue weighted by molar-refractivity contribution is -0.138. The zero-order valence-corrected chi connectivity index (χ0v) is 10.8. The summed E-state index contributed by atoms with van der Waals surface area (Å²) in [5.41, 5.74) is -0.706. The summed E-state index contributed by atoms with van der Waals surface area (Å²) < 4.78 is 0. The maximum absolute atomic E-state index is 11.9. The zero-order chi connectivity index (χ0) is 13.9. The van der Waals surface area contributed by atoms with Crippen molar-refractivity contribution in [1.82, 2.24) is 0 Å². The van der Waals surface area contributed by atoms with Gasteiger partial charge in [-0.1, -0.05) is 37.6 Å². The van der Waals surface area contributed by atoms with Crippen LogP contribution in [0.1, 0.15) is 31.7 Å². The summed E-state index contributed by atoms with van der Waals surface area (Å²) in [6.45, 7) is 2.02. The van der Waals surface area contributed by atoms with Crippen molar-refractivity contribution in [2.75, 3.05) is 5.32 Å². The number of nitrogens with one attached hydrogen (secondary N) is 1. The molecule has 0 saturated heterocycles. The molecule has 1 unspecified atom stereocenters. The number of anilines is 1. The van der Waals surface area contributed by atoms with Crippen LogP contribution in [0.15, 0.2) is 36.4 Å². The average Bonchev–Trinajstić information content (AvgIpc) is 2.62. The summed E-state index contributed by atoms with van der Waals surface area (Å²) >= 11 is 0. The van der Waals surface area contributed by atoms with E-state index < -0.39 is 11.5 Å². The average molecular weight is 259 g/mol. The van der Waals surface area contributed by atoms with Crippen LogP contribution in [0.5, 0.6) is 0 Å². The van der Waals surface area contributed by atoms with E-state index in [9.17, 15) is 14.7 Å². The minimum atomic E-state index is -1.75. The lowest BCUT2D eigenvalue weighted by Crippen LogP contribution is -2.36. The van der Waals surface area contributed by atoms with E-state index in [-0.39, 0.29) is 12.2 Å².